The summed E-state index contributed by atoms with van der Waals surface area (Å²) in [7, 11) is 0. The van der Waals surface area contributed by atoms with Crippen LogP contribution in [0.2, 0.25) is 0 Å². The second-order valence-electron chi connectivity index (χ2n) is 5.55. The molecular formula is C15H14N4O. The molecule has 5 heteroatoms. The van der Waals surface area contributed by atoms with E-state index in [-0.39, 0.29) is 11.3 Å². The van der Waals surface area contributed by atoms with Gasteiger partial charge in [-0.05, 0) is 18.6 Å². The van der Waals surface area contributed by atoms with Crippen molar-refractivity contribution in [1.29, 1.82) is 10.5 Å². The van der Waals surface area contributed by atoms with Crippen LogP contribution in [0, 0.1) is 28.1 Å². The number of rotatable bonds is 1. The summed E-state index contributed by atoms with van der Waals surface area (Å²) in [6.07, 6.45) is 1.45. The maximum absolute atomic E-state index is 11.5. The minimum Gasteiger partial charge on any atom is -0.369 e. The van der Waals surface area contributed by atoms with E-state index in [9.17, 15) is 15.3 Å². The summed E-state index contributed by atoms with van der Waals surface area (Å²) in [5.41, 5.74) is 1.73. The molecule has 0 aromatic heterocycles. The van der Waals surface area contributed by atoms with Crippen LogP contribution in [-0.4, -0.2) is 25.5 Å². The summed E-state index contributed by atoms with van der Waals surface area (Å²) in [4.78, 5) is 13.5. The Kier molecular flexibility index (Phi) is 2.84. The van der Waals surface area contributed by atoms with Gasteiger partial charge in [-0.3, -0.25) is 4.79 Å². The molecule has 2 saturated heterocycles. The molecule has 3 rings (SSSR count). The highest BCUT2D eigenvalue weighted by Gasteiger charge is 2.44. The Balaban J connectivity index is 1.94. The Hall–Kier alpha value is -2.53. The third kappa shape index (κ3) is 1.88. The molecule has 0 bridgehead atoms. The van der Waals surface area contributed by atoms with Gasteiger partial charge < -0.3 is 10.2 Å². The highest BCUT2D eigenvalue weighted by Crippen LogP contribution is 2.40. The number of carbonyl (C=O) groups is 1. The minimum absolute atomic E-state index is 0.0353. The van der Waals surface area contributed by atoms with Crippen molar-refractivity contribution < 1.29 is 4.79 Å². The molecule has 0 saturated carbocycles. The quantitative estimate of drug-likeness (QED) is 0.826. The number of hydrogen-bond donors (Lipinski definition) is 1. The van der Waals surface area contributed by atoms with E-state index in [0.717, 1.165) is 19.5 Å². The molecule has 20 heavy (non-hydrogen) atoms. The monoisotopic (exact) mass is 266 g/mol. The summed E-state index contributed by atoms with van der Waals surface area (Å²) < 4.78 is 0. The van der Waals surface area contributed by atoms with Crippen molar-refractivity contribution in [2.45, 2.75) is 12.8 Å². The van der Waals surface area contributed by atoms with Gasteiger partial charge in [-0.25, -0.2) is 0 Å². The van der Waals surface area contributed by atoms with Crippen LogP contribution in [0.15, 0.2) is 18.2 Å². The molecule has 2 aliphatic heterocycles. The molecule has 1 amide bonds. The first kappa shape index (κ1) is 12.5. The summed E-state index contributed by atoms with van der Waals surface area (Å²) in [6, 6.07) is 9.52. The third-order valence-corrected chi connectivity index (χ3v) is 4.23. The van der Waals surface area contributed by atoms with Gasteiger partial charge in [0.2, 0.25) is 5.91 Å². The van der Waals surface area contributed by atoms with E-state index in [2.05, 4.69) is 22.4 Å². The van der Waals surface area contributed by atoms with E-state index < -0.39 is 0 Å². The lowest BCUT2D eigenvalue weighted by Gasteiger charge is -2.24. The molecule has 5 nitrogen and oxygen atoms in total. The molecule has 2 aliphatic rings. The van der Waals surface area contributed by atoms with Gasteiger partial charge >= 0.3 is 0 Å². The van der Waals surface area contributed by atoms with Crippen LogP contribution < -0.4 is 10.2 Å². The number of nitrogens with one attached hydrogen (secondary N) is 1. The van der Waals surface area contributed by atoms with Gasteiger partial charge in [-0.15, -0.1) is 0 Å². The van der Waals surface area contributed by atoms with Crippen LogP contribution >= 0.6 is 0 Å². The van der Waals surface area contributed by atoms with Gasteiger partial charge in [-0.2, -0.15) is 10.5 Å². The predicted molar refractivity (Wildman–Crippen MR) is 72.8 cm³/mol. The first-order valence-corrected chi connectivity index (χ1v) is 6.62. The minimum atomic E-state index is -0.0353. The Morgan fingerprint density at radius 3 is 2.50 bits per heavy atom. The van der Waals surface area contributed by atoms with Gasteiger partial charge in [0.05, 0.1) is 16.8 Å². The van der Waals surface area contributed by atoms with Gasteiger partial charge in [0.25, 0.3) is 0 Å². The molecule has 2 fully saturated rings. The van der Waals surface area contributed by atoms with E-state index in [1.54, 1.807) is 18.2 Å². The molecule has 1 aromatic carbocycles. The molecule has 1 unspecified atom stereocenters. The van der Waals surface area contributed by atoms with E-state index in [1.165, 1.54) is 0 Å². The highest BCUT2D eigenvalue weighted by molar-refractivity contribution is 5.80. The first-order valence-electron chi connectivity index (χ1n) is 6.62. The van der Waals surface area contributed by atoms with E-state index in [1.807, 2.05) is 0 Å². The number of nitrogens with zero attached hydrogens (tertiary/aromatic N) is 3. The van der Waals surface area contributed by atoms with Crippen LogP contribution in [0.3, 0.4) is 0 Å². The Labute approximate surface area is 117 Å². The van der Waals surface area contributed by atoms with Crippen molar-refractivity contribution >= 4 is 11.6 Å². The molecule has 0 aliphatic carbocycles. The van der Waals surface area contributed by atoms with Crippen LogP contribution in [0.4, 0.5) is 5.69 Å². The van der Waals surface area contributed by atoms with Gasteiger partial charge in [0.15, 0.2) is 0 Å². The standard InChI is InChI=1S/C15H14N4O/c16-7-11-2-1-3-12(8-17)14(11)19-5-4-15(10-19)6-13(20)18-9-15/h1-3H,4-6,9-10H2,(H,18,20). The third-order valence-electron chi connectivity index (χ3n) is 4.23. The number of anilines is 1. The Bertz CT molecular complexity index is 623. The van der Waals surface area contributed by atoms with Crippen LogP contribution in [-0.2, 0) is 4.79 Å². The van der Waals surface area contributed by atoms with E-state index in [4.69, 9.17) is 0 Å². The lowest BCUT2D eigenvalue weighted by Crippen LogP contribution is -2.29. The topological polar surface area (TPSA) is 79.9 Å². The van der Waals surface area contributed by atoms with Crippen LogP contribution in [0.1, 0.15) is 24.0 Å². The number of nitriles is 2. The van der Waals surface area contributed by atoms with E-state index in [0.29, 0.717) is 29.8 Å². The number of para-hydroxylation sites is 1. The zero-order valence-corrected chi connectivity index (χ0v) is 11.0. The molecule has 100 valence electrons. The number of hydrogen-bond acceptors (Lipinski definition) is 4. The number of carbonyl (C=O) groups excluding carboxylic acids is 1. The van der Waals surface area contributed by atoms with Gasteiger partial charge in [0, 0.05) is 31.5 Å². The summed E-state index contributed by atoms with van der Waals surface area (Å²) in [5.74, 6) is 0.0981. The number of benzene rings is 1. The molecule has 2 heterocycles. The van der Waals surface area contributed by atoms with Gasteiger partial charge in [0.1, 0.15) is 12.1 Å². The second kappa shape index (κ2) is 4.54. The van der Waals surface area contributed by atoms with Crippen LogP contribution in [0.5, 0.6) is 0 Å². The second-order valence-corrected chi connectivity index (χ2v) is 5.55. The summed E-state index contributed by atoms with van der Waals surface area (Å²) in [5, 5.41) is 21.4. The van der Waals surface area contributed by atoms with E-state index >= 15 is 0 Å². The van der Waals surface area contributed by atoms with Crippen molar-refractivity contribution in [2.75, 3.05) is 24.5 Å². The largest absolute Gasteiger partial charge is 0.369 e. The average molecular weight is 266 g/mol. The molecule has 1 aromatic rings. The number of amides is 1. The van der Waals surface area contributed by atoms with Crippen molar-refractivity contribution in [3.05, 3.63) is 29.3 Å². The smallest absolute Gasteiger partial charge is 0.220 e. The molecule has 1 spiro atoms. The lowest BCUT2D eigenvalue weighted by molar-refractivity contribution is -0.119. The highest BCUT2D eigenvalue weighted by atomic mass is 16.1. The van der Waals surface area contributed by atoms with Crippen LogP contribution in [0.25, 0.3) is 0 Å². The lowest BCUT2D eigenvalue weighted by atomic mass is 9.86. The Morgan fingerprint density at radius 1 is 1.25 bits per heavy atom. The SMILES string of the molecule is N#Cc1cccc(C#N)c1N1CCC2(CNC(=O)C2)C1. The van der Waals surface area contributed by atoms with Crippen molar-refractivity contribution in [1.82, 2.24) is 5.32 Å². The summed E-state index contributed by atoms with van der Waals surface area (Å²) in [6.45, 7) is 2.19. The predicted octanol–water partition coefficient (Wildman–Crippen LogP) is 1.15. The molecular weight excluding hydrogens is 252 g/mol. The molecule has 1 N–H and O–H groups in total. The average Bonchev–Trinajstić information content (AvgIpc) is 3.04. The fourth-order valence-electron chi connectivity index (χ4n) is 3.23. The molecule has 1 atom stereocenters. The fourth-order valence-corrected chi connectivity index (χ4v) is 3.23. The zero-order valence-electron chi connectivity index (χ0n) is 11.0. The maximum atomic E-state index is 11.5. The molecule has 0 radical (unpaired) electrons. The maximum Gasteiger partial charge on any atom is 0.220 e. The van der Waals surface area contributed by atoms with Crippen molar-refractivity contribution in [2.24, 2.45) is 5.41 Å². The van der Waals surface area contributed by atoms with Gasteiger partial charge in [-0.1, -0.05) is 6.07 Å². The van der Waals surface area contributed by atoms with Crippen molar-refractivity contribution in [3.8, 4) is 12.1 Å². The normalized spacial score (nSPS) is 24.5. The fraction of sp³-hybridized carbons (Fsp3) is 0.400. The zero-order chi connectivity index (χ0) is 14.2. The Morgan fingerprint density at radius 2 is 1.95 bits per heavy atom. The first-order chi connectivity index (χ1) is 9.67. The van der Waals surface area contributed by atoms with Crippen molar-refractivity contribution in [3.63, 3.8) is 0 Å². The summed E-state index contributed by atoms with van der Waals surface area (Å²) >= 11 is 0.